The van der Waals surface area contributed by atoms with Gasteiger partial charge in [-0.1, -0.05) is 20.8 Å². The topological polar surface area (TPSA) is 35.6 Å². The molecule has 2 aliphatic heterocycles. The van der Waals surface area contributed by atoms with E-state index >= 15 is 0 Å². The molecule has 0 bridgehead atoms. The predicted molar refractivity (Wildman–Crippen MR) is 73.2 cm³/mol. The van der Waals surface area contributed by atoms with Gasteiger partial charge >= 0.3 is 0 Å². The van der Waals surface area contributed by atoms with Crippen LogP contribution in [0.25, 0.3) is 0 Å². The van der Waals surface area contributed by atoms with E-state index in [9.17, 15) is 4.79 Å². The van der Waals surface area contributed by atoms with Crippen molar-refractivity contribution in [1.29, 1.82) is 0 Å². The van der Waals surface area contributed by atoms with Gasteiger partial charge in [0.15, 0.2) is 0 Å². The van der Waals surface area contributed by atoms with Crippen molar-refractivity contribution in [3.05, 3.63) is 0 Å². The highest BCUT2D eigenvalue weighted by Gasteiger charge is 2.42. The smallest absolute Gasteiger partial charge is 0.241 e. The quantitative estimate of drug-likeness (QED) is 0.819. The molecule has 18 heavy (non-hydrogen) atoms. The average Bonchev–Trinajstić information content (AvgIpc) is 2.82. The van der Waals surface area contributed by atoms with Gasteiger partial charge < -0.3 is 9.80 Å². The van der Waals surface area contributed by atoms with Crippen molar-refractivity contribution in [2.45, 2.75) is 58.3 Å². The number of carbonyl (C=O) groups is 1. The van der Waals surface area contributed by atoms with E-state index in [2.05, 4.69) is 42.9 Å². The zero-order chi connectivity index (χ0) is 13.3. The summed E-state index contributed by atoms with van der Waals surface area (Å²) in [5.41, 5.74) is 0. The predicted octanol–water partition coefficient (Wildman–Crippen LogP) is 1.27. The van der Waals surface area contributed by atoms with Gasteiger partial charge in [0.1, 0.15) is 0 Å². The lowest BCUT2D eigenvalue weighted by Crippen LogP contribution is -2.46. The summed E-state index contributed by atoms with van der Waals surface area (Å²) in [5.74, 6) is 0.941. The molecule has 2 saturated heterocycles. The van der Waals surface area contributed by atoms with Crippen LogP contribution in [0.5, 0.6) is 0 Å². The Balaban J connectivity index is 2.09. The maximum Gasteiger partial charge on any atom is 0.241 e. The molecule has 0 radical (unpaired) electrons. The minimum absolute atomic E-state index is 0.0413. The second-order valence-electron chi connectivity index (χ2n) is 6.22. The van der Waals surface area contributed by atoms with Crippen LogP contribution in [-0.2, 0) is 4.79 Å². The van der Waals surface area contributed by atoms with E-state index in [1.165, 1.54) is 0 Å². The third-order valence-electron chi connectivity index (χ3n) is 4.14. The summed E-state index contributed by atoms with van der Waals surface area (Å²) in [6.45, 7) is 8.68. The number of nitrogens with zero attached hydrogens (tertiary/aromatic N) is 2. The highest BCUT2D eigenvalue weighted by atomic mass is 16.2. The van der Waals surface area contributed by atoms with Gasteiger partial charge in [0.2, 0.25) is 5.91 Å². The maximum atomic E-state index is 12.5. The minimum Gasteiger partial charge on any atom is -0.321 e. The van der Waals surface area contributed by atoms with Crippen LogP contribution in [0.3, 0.4) is 0 Å². The molecule has 104 valence electrons. The summed E-state index contributed by atoms with van der Waals surface area (Å²) in [7, 11) is 2.14. The number of likely N-dealkylation sites (N-methyl/N-ethyl adjacent to an activating group) is 1. The van der Waals surface area contributed by atoms with Gasteiger partial charge in [-0.15, -0.1) is 0 Å². The Morgan fingerprint density at radius 3 is 2.67 bits per heavy atom. The van der Waals surface area contributed by atoms with Gasteiger partial charge in [-0.05, 0) is 38.8 Å². The largest absolute Gasteiger partial charge is 0.321 e. The van der Waals surface area contributed by atoms with Gasteiger partial charge in [0.05, 0.1) is 12.2 Å². The summed E-state index contributed by atoms with van der Waals surface area (Å²) < 4.78 is 0. The Morgan fingerprint density at radius 1 is 1.44 bits per heavy atom. The van der Waals surface area contributed by atoms with Crippen LogP contribution in [0.1, 0.15) is 40.0 Å². The first-order valence-corrected chi connectivity index (χ1v) is 7.29. The minimum atomic E-state index is 0.0413. The monoisotopic (exact) mass is 253 g/mol. The molecule has 0 aliphatic carbocycles. The van der Waals surface area contributed by atoms with E-state index in [1.54, 1.807) is 0 Å². The van der Waals surface area contributed by atoms with Gasteiger partial charge in [-0.2, -0.15) is 0 Å². The molecule has 2 fully saturated rings. The maximum absolute atomic E-state index is 12.5. The first kappa shape index (κ1) is 13.8. The lowest BCUT2D eigenvalue weighted by Gasteiger charge is -2.31. The van der Waals surface area contributed by atoms with E-state index in [4.69, 9.17) is 0 Å². The summed E-state index contributed by atoms with van der Waals surface area (Å²) in [4.78, 5) is 16.9. The van der Waals surface area contributed by atoms with E-state index < -0.39 is 0 Å². The van der Waals surface area contributed by atoms with E-state index in [0.29, 0.717) is 17.9 Å². The molecule has 1 N–H and O–H groups in total. The molecule has 2 aliphatic rings. The Bertz CT molecular complexity index is 305. The highest BCUT2D eigenvalue weighted by Crippen LogP contribution is 2.25. The number of hydrogen-bond donors (Lipinski definition) is 1. The number of carbonyl (C=O) groups excluding carboxylic acids is 1. The first-order chi connectivity index (χ1) is 8.52. The second kappa shape index (κ2) is 5.57. The summed E-state index contributed by atoms with van der Waals surface area (Å²) in [6, 6.07) is 0.454. The third-order valence-corrected chi connectivity index (χ3v) is 4.14. The number of rotatable bonds is 4. The normalized spacial score (nSPS) is 33.9. The lowest BCUT2D eigenvalue weighted by atomic mass is 10.1. The number of likely N-dealkylation sites (tertiary alicyclic amines) is 1. The molecular weight excluding hydrogens is 226 g/mol. The third kappa shape index (κ3) is 2.69. The fraction of sp³-hybridized carbons (Fsp3) is 0.929. The zero-order valence-electron chi connectivity index (χ0n) is 12.1. The molecular formula is C14H27N3O. The van der Waals surface area contributed by atoms with Gasteiger partial charge in [-0.25, -0.2) is 0 Å². The van der Waals surface area contributed by atoms with E-state index in [-0.39, 0.29) is 12.2 Å². The SMILES string of the molecule is CCC1NC(CC(C)C)N(C2CCN(C)C2)C1=O. The number of hydrogen-bond acceptors (Lipinski definition) is 3. The van der Waals surface area contributed by atoms with Crippen LogP contribution >= 0.6 is 0 Å². The van der Waals surface area contributed by atoms with Crippen LogP contribution in [0.4, 0.5) is 0 Å². The molecule has 4 nitrogen and oxygen atoms in total. The highest BCUT2D eigenvalue weighted by molar-refractivity contribution is 5.84. The van der Waals surface area contributed by atoms with Crippen LogP contribution in [-0.4, -0.2) is 54.1 Å². The van der Waals surface area contributed by atoms with Gasteiger partial charge in [0.25, 0.3) is 0 Å². The number of amides is 1. The lowest BCUT2D eigenvalue weighted by molar-refractivity contribution is -0.132. The molecule has 0 aromatic heterocycles. The molecule has 0 aromatic rings. The molecule has 0 aromatic carbocycles. The van der Waals surface area contributed by atoms with Crippen molar-refractivity contribution in [3.8, 4) is 0 Å². The summed E-state index contributed by atoms with van der Waals surface area (Å²) >= 11 is 0. The van der Waals surface area contributed by atoms with Crippen LogP contribution in [0.15, 0.2) is 0 Å². The first-order valence-electron chi connectivity index (χ1n) is 7.29. The van der Waals surface area contributed by atoms with E-state index in [0.717, 1.165) is 32.4 Å². The molecule has 3 atom stereocenters. The molecule has 0 spiro atoms. The van der Waals surface area contributed by atoms with Crippen molar-refractivity contribution in [3.63, 3.8) is 0 Å². The van der Waals surface area contributed by atoms with Crippen LogP contribution in [0, 0.1) is 5.92 Å². The Morgan fingerprint density at radius 2 is 2.17 bits per heavy atom. The Labute approximate surface area is 111 Å². The van der Waals surface area contributed by atoms with Crippen LogP contribution < -0.4 is 5.32 Å². The molecule has 0 saturated carbocycles. The van der Waals surface area contributed by atoms with Crippen molar-refractivity contribution < 1.29 is 4.79 Å². The molecule has 3 unspecified atom stereocenters. The number of nitrogens with one attached hydrogen (secondary N) is 1. The molecule has 2 heterocycles. The standard InChI is InChI=1S/C14H27N3O/c1-5-12-14(18)17(11-6-7-16(4)9-11)13(15-12)8-10(2)3/h10-13,15H,5-9H2,1-4H3. The summed E-state index contributed by atoms with van der Waals surface area (Å²) in [5, 5.41) is 3.52. The van der Waals surface area contributed by atoms with Crippen molar-refractivity contribution >= 4 is 5.91 Å². The summed E-state index contributed by atoms with van der Waals surface area (Å²) in [6.07, 6.45) is 3.32. The average molecular weight is 253 g/mol. The van der Waals surface area contributed by atoms with Crippen LogP contribution in [0.2, 0.25) is 0 Å². The second-order valence-corrected chi connectivity index (χ2v) is 6.22. The van der Waals surface area contributed by atoms with Crippen molar-refractivity contribution in [2.24, 2.45) is 5.92 Å². The molecule has 2 rings (SSSR count). The van der Waals surface area contributed by atoms with Gasteiger partial charge in [0, 0.05) is 12.6 Å². The van der Waals surface area contributed by atoms with E-state index in [1.807, 2.05) is 0 Å². The van der Waals surface area contributed by atoms with Crippen molar-refractivity contribution in [2.75, 3.05) is 20.1 Å². The van der Waals surface area contributed by atoms with Crippen molar-refractivity contribution in [1.82, 2.24) is 15.1 Å². The Hall–Kier alpha value is -0.610. The van der Waals surface area contributed by atoms with Gasteiger partial charge in [-0.3, -0.25) is 10.1 Å². The fourth-order valence-corrected chi connectivity index (χ4v) is 3.21. The Kier molecular flexibility index (Phi) is 4.28. The fourth-order valence-electron chi connectivity index (χ4n) is 3.21. The molecule has 1 amide bonds. The molecule has 4 heteroatoms. The zero-order valence-corrected chi connectivity index (χ0v) is 12.1.